The van der Waals surface area contributed by atoms with Gasteiger partial charge < -0.3 is 30.0 Å². The molecule has 0 unspecified atom stereocenters. The van der Waals surface area contributed by atoms with E-state index in [0.717, 1.165) is 17.7 Å². The zero-order chi connectivity index (χ0) is 43.1. The summed E-state index contributed by atoms with van der Waals surface area (Å²) in [5.41, 5.74) is 10.4. The summed E-state index contributed by atoms with van der Waals surface area (Å²) in [6.07, 6.45) is 2.88. The Balaban J connectivity index is 1.31. The van der Waals surface area contributed by atoms with Gasteiger partial charge in [0.25, 0.3) is 11.5 Å². The van der Waals surface area contributed by atoms with Crippen LogP contribution in [0.2, 0.25) is 0 Å². The summed E-state index contributed by atoms with van der Waals surface area (Å²) in [4.78, 5) is 50.3. The number of ether oxygens (including phenoxy) is 2. The van der Waals surface area contributed by atoms with Crippen molar-refractivity contribution in [3.05, 3.63) is 146 Å². The van der Waals surface area contributed by atoms with Gasteiger partial charge in [0, 0.05) is 54.1 Å². The minimum absolute atomic E-state index is 0.0525. The van der Waals surface area contributed by atoms with Gasteiger partial charge in [-0.3, -0.25) is 14.5 Å². The van der Waals surface area contributed by atoms with E-state index in [1.807, 2.05) is 42.3 Å². The molecule has 6 rings (SSSR count). The van der Waals surface area contributed by atoms with Gasteiger partial charge in [-0.25, -0.2) is 27.6 Å². The molecule has 0 aliphatic carbocycles. The van der Waals surface area contributed by atoms with Crippen molar-refractivity contribution in [2.24, 2.45) is 5.11 Å². The normalized spacial score (nSPS) is 11.2. The van der Waals surface area contributed by atoms with Crippen LogP contribution in [-0.4, -0.2) is 92.3 Å². The maximum absolute atomic E-state index is 15.2. The number of carbonyl (C=O) groups is 2. The lowest BCUT2D eigenvalue weighted by Crippen LogP contribution is -2.34. The van der Waals surface area contributed by atoms with E-state index in [1.165, 1.54) is 21.2 Å². The lowest BCUT2D eigenvalue weighted by atomic mass is 10.1. The lowest BCUT2D eigenvalue weighted by Gasteiger charge is -2.18. The number of hydrogen-bond donors (Lipinski definition) is 3. The predicted molar refractivity (Wildman–Crippen MR) is 221 cm³/mol. The third-order valence-corrected chi connectivity index (χ3v) is 9.29. The largest absolute Gasteiger partial charge is 0.379 e. The second kappa shape index (κ2) is 21.3. The van der Waals surface area contributed by atoms with E-state index in [9.17, 15) is 14.4 Å². The number of imidazole rings is 1. The number of halogens is 2. The number of rotatable bonds is 21. The minimum atomic E-state index is -0.809. The first-order chi connectivity index (χ1) is 29.6. The number of nitrogens with zero attached hydrogens (tertiary/aromatic N) is 10. The summed E-state index contributed by atoms with van der Waals surface area (Å²) in [5, 5.41) is 19.8. The third-order valence-electron chi connectivity index (χ3n) is 9.29. The van der Waals surface area contributed by atoms with Crippen LogP contribution in [0, 0.1) is 11.6 Å². The SMILES string of the molecule is CCNC(=O)Nc1ccc(-c2nc3n(Cc4c(F)cccc4F)cc(C(=O)NCc4cn(CCOCCOCCN=[N+]=[N-])nn4)c(=O)n3c2CN(C)Cc2ccccc2)cc1. The number of anilines is 1. The molecule has 3 aromatic heterocycles. The molecule has 3 heterocycles. The average molecular weight is 838 g/mol. The fourth-order valence-corrected chi connectivity index (χ4v) is 6.42. The molecular weight excluding hydrogens is 793 g/mol. The Kier molecular flexibility index (Phi) is 15.2. The summed E-state index contributed by atoms with van der Waals surface area (Å²) in [6.45, 7) is 4.30. The molecule has 61 heavy (non-hydrogen) atoms. The molecule has 0 atom stereocenters. The van der Waals surface area contributed by atoms with Crippen LogP contribution in [-0.2, 0) is 42.2 Å². The average Bonchev–Trinajstić information content (AvgIpc) is 3.87. The van der Waals surface area contributed by atoms with Gasteiger partial charge in [-0.2, -0.15) is 0 Å². The number of benzene rings is 3. The standard InChI is InChI=1S/C41H45F2N13O5/c1-3-45-40(59)48-30-14-12-29(13-15-30)37-36(27-53(2)23-28-8-5-4-6-9-28)56-39(58)33(26-54(41(56)49-37)25-32-34(42)10-7-11-35(32)43)38(57)46-22-31-24-55(52-50-31)17-19-61-21-20-60-18-16-47-51-44/h4-15,24,26H,3,16-23,25,27H2,1-2H3,(H,46,57)(H2,45,48,59). The Bertz CT molecular complexity index is 2520. The van der Waals surface area contributed by atoms with Gasteiger partial charge in [0.15, 0.2) is 0 Å². The highest BCUT2D eigenvalue weighted by Gasteiger charge is 2.25. The molecule has 0 aliphatic heterocycles. The summed E-state index contributed by atoms with van der Waals surface area (Å²) in [7, 11) is 1.88. The van der Waals surface area contributed by atoms with Crippen molar-refractivity contribution >= 4 is 23.4 Å². The first kappa shape index (κ1) is 43.6. The Morgan fingerprint density at radius 2 is 1.66 bits per heavy atom. The van der Waals surface area contributed by atoms with Crippen LogP contribution in [0.25, 0.3) is 27.5 Å². The van der Waals surface area contributed by atoms with Crippen molar-refractivity contribution in [3.63, 3.8) is 0 Å². The van der Waals surface area contributed by atoms with E-state index in [1.54, 1.807) is 42.1 Å². The van der Waals surface area contributed by atoms with Crippen LogP contribution in [0.15, 0.2) is 95.1 Å². The summed E-state index contributed by atoms with van der Waals surface area (Å²) < 4.78 is 45.4. The van der Waals surface area contributed by atoms with E-state index in [2.05, 4.69) is 36.3 Å². The smallest absolute Gasteiger partial charge is 0.319 e. The van der Waals surface area contributed by atoms with Gasteiger partial charge >= 0.3 is 6.03 Å². The van der Waals surface area contributed by atoms with Gasteiger partial charge in [-0.15, -0.1) is 5.10 Å². The van der Waals surface area contributed by atoms with Crippen LogP contribution in [0.4, 0.5) is 19.3 Å². The fraction of sp³-hybridized carbons (Fsp3) is 0.317. The molecular formula is C41H45F2N13O5. The van der Waals surface area contributed by atoms with E-state index < -0.39 is 29.6 Å². The maximum Gasteiger partial charge on any atom is 0.319 e. The van der Waals surface area contributed by atoms with Crippen LogP contribution < -0.4 is 21.5 Å². The Hall–Kier alpha value is -6.99. The highest BCUT2D eigenvalue weighted by Crippen LogP contribution is 2.28. The van der Waals surface area contributed by atoms with Crippen molar-refractivity contribution in [3.8, 4) is 11.3 Å². The van der Waals surface area contributed by atoms with Crippen molar-refractivity contribution in [2.75, 3.05) is 51.9 Å². The van der Waals surface area contributed by atoms with Crippen LogP contribution in [0.5, 0.6) is 0 Å². The monoisotopic (exact) mass is 837 g/mol. The number of fused-ring (bicyclic) bond motifs is 1. The molecule has 0 aliphatic rings. The molecule has 0 saturated carbocycles. The molecule has 3 aromatic carbocycles. The molecule has 3 N–H and O–H groups in total. The molecule has 0 spiro atoms. The number of urea groups is 1. The third kappa shape index (κ3) is 11.6. The van der Waals surface area contributed by atoms with E-state index in [4.69, 9.17) is 20.0 Å². The zero-order valence-electron chi connectivity index (χ0n) is 33.6. The first-order valence-corrected chi connectivity index (χ1v) is 19.4. The molecule has 18 nitrogen and oxygen atoms in total. The van der Waals surface area contributed by atoms with Crippen LogP contribution in [0.3, 0.4) is 0 Å². The summed E-state index contributed by atoms with van der Waals surface area (Å²) in [5.74, 6) is -2.32. The van der Waals surface area contributed by atoms with Crippen molar-refractivity contribution in [1.29, 1.82) is 0 Å². The molecule has 0 fully saturated rings. The number of carbonyl (C=O) groups excluding carboxylic acids is 2. The predicted octanol–water partition coefficient (Wildman–Crippen LogP) is 5.13. The topological polar surface area (TPSA) is 211 Å². The summed E-state index contributed by atoms with van der Waals surface area (Å²) >= 11 is 0. The van der Waals surface area contributed by atoms with Crippen molar-refractivity contribution in [2.45, 2.75) is 39.6 Å². The molecule has 318 valence electrons. The molecule has 0 radical (unpaired) electrons. The van der Waals surface area contributed by atoms with Crippen molar-refractivity contribution < 1.29 is 27.8 Å². The number of azide groups is 1. The van der Waals surface area contributed by atoms with Gasteiger partial charge in [0.05, 0.1) is 63.6 Å². The molecule has 0 saturated heterocycles. The van der Waals surface area contributed by atoms with E-state index in [-0.39, 0.29) is 42.6 Å². The first-order valence-electron chi connectivity index (χ1n) is 19.4. The number of nitrogens with one attached hydrogen (secondary N) is 3. The fourth-order valence-electron chi connectivity index (χ4n) is 6.42. The second-order valence-corrected chi connectivity index (χ2v) is 13.8. The molecule has 3 amide bonds. The maximum atomic E-state index is 15.2. The Morgan fingerprint density at radius 1 is 0.918 bits per heavy atom. The molecule has 6 aromatic rings. The highest BCUT2D eigenvalue weighted by atomic mass is 19.1. The Morgan fingerprint density at radius 3 is 2.38 bits per heavy atom. The lowest BCUT2D eigenvalue weighted by molar-refractivity contribution is 0.0467. The van der Waals surface area contributed by atoms with E-state index in [0.29, 0.717) is 74.4 Å². The van der Waals surface area contributed by atoms with Gasteiger partial charge in [0.1, 0.15) is 22.9 Å². The Labute approximate surface area is 348 Å². The van der Waals surface area contributed by atoms with Gasteiger partial charge in [0.2, 0.25) is 5.78 Å². The number of amides is 3. The van der Waals surface area contributed by atoms with Gasteiger partial charge in [-0.05, 0) is 49.3 Å². The van der Waals surface area contributed by atoms with Gasteiger partial charge in [-0.1, -0.05) is 58.9 Å². The molecule has 20 heteroatoms. The molecule has 0 bridgehead atoms. The number of aromatic nitrogens is 6. The minimum Gasteiger partial charge on any atom is -0.379 e. The highest BCUT2D eigenvalue weighted by molar-refractivity contribution is 5.94. The van der Waals surface area contributed by atoms with Crippen LogP contribution >= 0.6 is 0 Å². The summed E-state index contributed by atoms with van der Waals surface area (Å²) in [6, 6.07) is 19.8. The van der Waals surface area contributed by atoms with Crippen molar-refractivity contribution in [1.82, 2.24) is 44.5 Å². The number of hydrogen-bond acceptors (Lipinski definition) is 10. The quantitative estimate of drug-likeness (QED) is 0.0379. The zero-order valence-corrected chi connectivity index (χ0v) is 33.6. The second-order valence-electron chi connectivity index (χ2n) is 13.8. The van der Waals surface area contributed by atoms with E-state index >= 15 is 8.78 Å². The van der Waals surface area contributed by atoms with Crippen LogP contribution in [0.1, 0.15) is 39.8 Å².